The minimum absolute atomic E-state index is 0.319. The Morgan fingerprint density at radius 1 is 1.25 bits per heavy atom. The molecule has 1 saturated carbocycles. The van der Waals surface area contributed by atoms with Crippen LogP contribution < -0.4 is 15.0 Å². The monoisotopic (exact) mass is 436 g/mol. The fourth-order valence-corrected chi connectivity index (χ4v) is 3.55. The number of nitrogens with zero attached hydrogens (tertiary/aromatic N) is 4. The van der Waals surface area contributed by atoms with E-state index in [1.54, 1.807) is 32.5 Å². The molecule has 1 fully saturated rings. The number of carboxylic acid groups (broad SMARTS) is 1. The first-order chi connectivity index (χ1) is 15.4. The van der Waals surface area contributed by atoms with E-state index in [-0.39, 0.29) is 0 Å². The predicted molar refractivity (Wildman–Crippen MR) is 116 cm³/mol. The van der Waals surface area contributed by atoms with Crippen molar-refractivity contribution in [3.63, 3.8) is 0 Å². The molecule has 1 aliphatic carbocycles. The molecule has 9 heteroatoms. The van der Waals surface area contributed by atoms with E-state index in [0.717, 1.165) is 17.9 Å². The van der Waals surface area contributed by atoms with Crippen LogP contribution in [0.5, 0.6) is 11.6 Å². The number of aromatic nitrogens is 4. The molecule has 3 atom stereocenters. The number of carboxylic acids is 1. The number of pyridine rings is 2. The molecule has 3 aromatic heterocycles. The molecule has 1 aliphatic rings. The number of aliphatic carboxylic acids is 1. The van der Waals surface area contributed by atoms with Crippen LogP contribution in [0.3, 0.4) is 0 Å². The zero-order valence-electron chi connectivity index (χ0n) is 18.1. The standard InChI is InChI=1S/C23H24N4O5/c1-13(23(29)30)27-11-15(4-7-21(27)28)19-10-24-14(2)26-22(19)32-12-16-8-18(16)20-6-5-17(31-3)9-25-20/h4-7,9-11,13,16,18H,8,12H2,1-3H3,(H,29,30)/t13?,16-,18+/m1/s1. The summed E-state index contributed by atoms with van der Waals surface area (Å²) in [7, 11) is 1.61. The van der Waals surface area contributed by atoms with E-state index in [2.05, 4.69) is 15.0 Å². The van der Waals surface area contributed by atoms with Crippen molar-refractivity contribution in [1.82, 2.24) is 19.5 Å². The van der Waals surface area contributed by atoms with E-state index in [1.165, 1.54) is 23.8 Å². The Labute approximate surface area is 184 Å². The van der Waals surface area contributed by atoms with Gasteiger partial charge in [0, 0.05) is 41.6 Å². The molecule has 9 nitrogen and oxygen atoms in total. The lowest BCUT2D eigenvalue weighted by Crippen LogP contribution is -2.27. The molecule has 0 radical (unpaired) electrons. The Bertz CT molecular complexity index is 1190. The van der Waals surface area contributed by atoms with Crippen molar-refractivity contribution in [3.8, 4) is 22.8 Å². The molecule has 0 saturated heterocycles. The summed E-state index contributed by atoms with van der Waals surface area (Å²) in [5.41, 5.74) is 1.82. The Hall–Kier alpha value is -3.75. The molecule has 1 N–H and O–H groups in total. The molecule has 0 bridgehead atoms. The normalized spacial score (nSPS) is 18.1. The van der Waals surface area contributed by atoms with Gasteiger partial charge in [-0.05, 0) is 38.5 Å². The van der Waals surface area contributed by atoms with E-state index >= 15 is 0 Å². The fraction of sp³-hybridized carbons (Fsp3) is 0.348. The third-order valence-electron chi connectivity index (χ3n) is 5.63. The van der Waals surface area contributed by atoms with Crippen LogP contribution in [0.1, 0.15) is 36.8 Å². The summed E-state index contributed by atoms with van der Waals surface area (Å²) in [5, 5.41) is 9.29. The Balaban J connectivity index is 1.53. The second-order valence-electron chi connectivity index (χ2n) is 7.85. The number of ether oxygens (including phenoxy) is 2. The van der Waals surface area contributed by atoms with Gasteiger partial charge in [-0.15, -0.1) is 0 Å². The van der Waals surface area contributed by atoms with Crippen LogP contribution in [-0.2, 0) is 4.79 Å². The molecular weight excluding hydrogens is 412 g/mol. The van der Waals surface area contributed by atoms with E-state index in [1.807, 2.05) is 12.1 Å². The zero-order chi connectivity index (χ0) is 22.8. The number of hydrogen-bond acceptors (Lipinski definition) is 7. The van der Waals surface area contributed by atoms with Crippen molar-refractivity contribution in [2.75, 3.05) is 13.7 Å². The van der Waals surface area contributed by atoms with Crippen LogP contribution in [0.4, 0.5) is 0 Å². The first-order valence-electron chi connectivity index (χ1n) is 10.3. The molecule has 1 unspecified atom stereocenters. The summed E-state index contributed by atoms with van der Waals surface area (Å²) in [4.78, 5) is 36.6. The summed E-state index contributed by atoms with van der Waals surface area (Å²) in [6.45, 7) is 3.69. The summed E-state index contributed by atoms with van der Waals surface area (Å²) in [6, 6.07) is 5.83. The highest BCUT2D eigenvalue weighted by Crippen LogP contribution is 2.47. The summed E-state index contributed by atoms with van der Waals surface area (Å²) in [6.07, 6.45) is 5.82. The number of rotatable bonds is 8. The molecule has 0 amide bonds. The molecule has 4 rings (SSSR count). The highest BCUT2D eigenvalue weighted by molar-refractivity contribution is 5.72. The summed E-state index contributed by atoms with van der Waals surface area (Å²) in [5.74, 6) is 1.24. The van der Waals surface area contributed by atoms with E-state index in [0.29, 0.717) is 41.3 Å². The minimum atomic E-state index is -1.09. The maximum atomic E-state index is 12.1. The molecular formula is C23H24N4O5. The first-order valence-corrected chi connectivity index (χ1v) is 10.3. The van der Waals surface area contributed by atoms with Crippen LogP contribution in [0.15, 0.2) is 47.7 Å². The highest BCUT2D eigenvalue weighted by Gasteiger charge is 2.40. The van der Waals surface area contributed by atoms with E-state index in [4.69, 9.17) is 9.47 Å². The lowest BCUT2D eigenvalue weighted by molar-refractivity contribution is -0.140. The molecule has 166 valence electrons. The van der Waals surface area contributed by atoms with E-state index < -0.39 is 17.6 Å². The fourth-order valence-electron chi connectivity index (χ4n) is 3.55. The third-order valence-corrected chi connectivity index (χ3v) is 5.63. The minimum Gasteiger partial charge on any atom is -0.495 e. The quantitative estimate of drug-likeness (QED) is 0.573. The topological polar surface area (TPSA) is 116 Å². The maximum absolute atomic E-state index is 12.1. The van der Waals surface area contributed by atoms with Crippen LogP contribution >= 0.6 is 0 Å². The predicted octanol–water partition coefficient (Wildman–Crippen LogP) is 2.85. The SMILES string of the molecule is COc1ccc([C@H]2C[C@@H]2COc2nc(C)ncc2-c2ccc(=O)n(C(C)C(=O)O)c2)nc1. The number of hydrogen-bond donors (Lipinski definition) is 1. The van der Waals surface area contributed by atoms with Gasteiger partial charge in [-0.25, -0.2) is 9.78 Å². The van der Waals surface area contributed by atoms with Gasteiger partial charge in [0.15, 0.2) is 0 Å². The van der Waals surface area contributed by atoms with Crippen molar-refractivity contribution in [1.29, 1.82) is 0 Å². The van der Waals surface area contributed by atoms with Gasteiger partial charge in [-0.3, -0.25) is 9.78 Å². The summed E-state index contributed by atoms with van der Waals surface area (Å²) >= 11 is 0. The molecule has 3 heterocycles. The van der Waals surface area contributed by atoms with Gasteiger partial charge in [-0.2, -0.15) is 4.98 Å². The molecule has 0 aromatic carbocycles. The molecule has 0 aliphatic heterocycles. The summed E-state index contributed by atoms with van der Waals surface area (Å²) < 4.78 is 12.4. The average Bonchev–Trinajstić information content (AvgIpc) is 3.57. The number of methoxy groups -OCH3 is 1. The van der Waals surface area contributed by atoms with Crippen LogP contribution in [0.2, 0.25) is 0 Å². The average molecular weight is 436 g/mol. The van der Waals surface area contributed by atoms with Gasteiger partial charge >= 0.3 is 5.97 Å². The lowest BCUT2D eigenvalue weighted by atomic mass is 10.1. The Kier molecular flexibility index (Phi) is 5.89. The van der Waals surface area contributed by atoms with Crippen LogP contribution in [0, 0.1) is 12.8 Å². The van der Waals surface area contributed by atoms with Crippen molar-refractivity contribution >= 4 is 5.97 Å². The van der Waals surface area contributed by atoms with Crippen molar-refractivity contribution < 1.29 is 19.4 Å². The van der Waals surface area contributed by atoms with Gasteiger partial charge in [0.2, 0.25) is 5.88 Å². The van der Waals surface area contributed by atoms with E-state index in [9.17, 15) is 14.7 Å². The van der Waals surface area contributed by atoms with Gasteiger partial charge in [0.25, 0.3) is 5.56 Å². The number of carbonyl (C=O) groups is 1. The Morgan fingerprint density at radius 2 is 2.06 bits per heavy atom. The second kappa shape index (κ2) is 8.78. The zero-order valence-corrected chi connectivity index (χ0v) is 18.1. The lowest BCUT2D eigenvalue weighted by Gasteiger charge is -2.14. The van der Waals surface area contributed by atoms with Gasteiger partial charge < -0.3 is 19.1 Å². The van der Waals surface area contributed by atoms with Gasteiger partial charge in [-0.1, -0.05) is 0 Å². The van der Waals surface area contributed by atoms with Gasteiger partial charge in [0.05, 0.1) is 25.5 Å². The van der Waals surface area contributed by atoms with Crippen LogP contribution in [-0.4, -0.2) is 44.3 Å². The first kappa shape index (κ1) is 21.5. The molecule has 3 aromatic rings. The number of aryl methyl sites for hydroxylation is 1. The highest BCUT2D eigenvalue weighted by atomic mass is 16.5. The molecule has 32 heavy (non-hydrogen) atoms. The largest absolute Gasteiger partial charge is 0.495 e. The maximum Gasteiger partial charge on any atom is 0.326 e. The van der Waals surface area contributed by atoms with Crippen molar-refractivity contribution in [2.45, 2.75) is 32.2 Å². The Morgan fingerprint density at radius 3 is 2.75 bits per heavy atom. The third kappa shape index (κ3) is 4.46. The smallest absolute Gasteiger partial charge is 0.326 e. The second-order valence-corrected chi connectivity index (χ2v) is 7.85. The molecule has 0 spiro atoms. The van der Waals surface area contributed by atoms with Crippen molar-refractivity contribution in [3.05, 3.63) is 64.7 Å². The van der Waals surface area contributed by atoms with Gasteiger partial charge in [0.1, 0.15) is 17.6 Å². The van der Waals surface area contributed by atoms with Crippen LogP contribution in [0.25, 0.3) is 11.1 Å². The van der Waals surface area contributed by atoms with Crippen molar-refractivity contribution in [2.24, 2.45) is 5.92 Å².